The quantitative estimate of drug-likeness (QED) is 0.608. The molecule has 0 atom stereocenters. The van der Waals surface area contributed by atoms with E-state index in [1.54, 1.807) is 0 Å². The van der Waals surface area contributed by atoms with Crippen molar-refractivity contribution in [2.45, 2.75) is 6.92 Å². The van der Waals surface area contributed by atoms with Crippen LogP contribution in [0, 0.1) is 0 Å². The zero-order chi connectivity index (χ0) is 12.8. The number of alkyl halides is 1. The Morgan fingerprint density at radius 2 is 1.33 bits per heavy atom. The van der Waals surface area contributed by atoms with E-state index in [0.717, 1.165) is 11.6 Å². The van der Waals surface area contributed by atoms with E-state index in [1.165, 1.54) is 10.4 Å². The number of hydrogen-bond donors (Lipinski definition) is 0. The Hall–Kier alpha value is -0.903. The largest absolute Gasteiger partial charge is 0.407 e. The third-order valence-corrected chi connectivity index (χ3v) is 9.12. The van der Waals surface area contributed by atoms with Crippen molar-refractivity contribution in [3.63, 3.8) is 0 Å². The summed E-state index contributed by atoms with van der Waals surface area (Å²) in [6.07, 6.45) is 0. The fraction of sp³-hybridized carbons (Fsp3) is 0.200. The average molecular weight is 321 g/mol. The first-order valence-electron chi connectivity index (χ1n) is 6.14. The zero-order valence-electron chi connectivity index (χ0n) is 10.5. The highest BCUT2D eigenvalue weighted by Crippen LogP contribution is 2.11. The third-order valence-electron chi connectivity index (χ3n) is 3.06. The average Bonchev–Trinajstić information content (AvgIpc) is 2.47. The van der Waals surface area contributed by atoms with Gasteiger partial charge in [0, 0.05) is 11.6 Å². The maximum absolute atomic E-state index is 6.24. The summed E-state index contributed by atoms with van der Waals surface area (Å²) in [5.74, 6) is 0. The van der Waals surface area contributed by atoms with Gasteiger partial charge in [0.25, 0.3) is 8.32 Å². The standard InChI is InChI=1S/C15H17BrOSi/c1-2-17-18(13-16,14-9-5-3-6-10-14)15-11-7-4-8-12-15/h3-12H,2,13H2,1H3. The molecule has 1 nitrogen and oxygen atoms in total. The van der Waals surface area contributed by atoms with Gasteiger partial charge in [0.2, 0.25) is 0 Å². The van der Waals surface area contributed by atoms with Gasteiger partial charge in [0.15, 0.2) is 0 Å². The maximum atomic E-state index is 6.24. The summed E-state index contributed by atoms with van der Waals surface area (Å²) in [7, 11) is -2.11. The van der Waals surface area contributed by atoms with Gasteiger partial charge in [0.05, 0.1) is 0 Å². The highest BCUT2D eigenvalue weighted by Gasteiger charge is 2.38. The summed E-state index contributed by atoms with van der Waals surface area (Å²) in [6.45, 7) is 2.80. The molecule has 0 radical (unpaired) electrons. The smallest absolute Gasteiger partial charge is 0.266 e. The van der Waals surface area contributed by atoms with E-state index in [2.05, 4.69) is 71.4 Å². The van der Waals surface area contributed by atoms with Crippen LogP contribution in [0.15, 0.2) is 60.7 Å². The van der Waals surface area contributed by atoms with E-state index >= 15 is 0 Å². The van der Waals surface area contributed by atoms with Gasteiger partial charge in [-0.25, -0.2) is 0 Å². The second kappa shape index (κ2) is 6.32. The molecular weight excluding hydrogens is 304 g/mol. The highest BCUT2D eigenvalue weighted by molar-refractivity contribution is 9.09. The van der Waals surface area contributed by atoms with Crippen molar-refractivity contribution < 1.29 is 4.43 Å². The lowest BCUT2D eigenvalue weighted by Crippen LogP contribution is -2.62. The molecule has 0 heterocycles. The van der Waals surface area contributed by atoms with Crippen molar-refractivity contribution in [2.75, 3.05) is 11.6 Å². The number of hydrogen-bond acceptors (Lipinski definition) is 1. The molecular formula is C15H17BrOSi. The van der Waals surface area contributed by atoms with Crippen LogP contribution >= 0.6 is 15.9 Å². The number of rotatable bonds is 5. The normalized spacial score (nSPS) is 11.4. The van der Waals surface area contributed by atoms with E-state index in [4.69, 9.17) is 4.43 Å². The van der Waals surface area contributed by atoms with E-state index < -0.39 is 8.32 Å². The fourth-order valence-corrected chi connectivity index (χ4v) is 7.62. The lowest BCUT2D eigenvalue weighted by molar-refractivity contribution is 0.343. The van der Waals surface area contributed by atoms with Crippen molar-refractivity contribution >= 4 is 34.6 Å². The van der Waals surface area contributed by atoms with Crippen LogP contribution < -0.4 is 10.4 Å². The summed E-state index contributed by atoms with van der Waals surface area (Å²) >= 11 is 3.68. The van der Waals surface area contributed by atoms with Gasteiger partial charge in [-0.3, -0.25) is 0 Å². The molecule has 0 aromatic heterocycles. The summed E-state index contributed by atoms with van der Waals surface area (Å²) < 4.78 is 6.24. The Labute approximate surface area is 118 Å². The van der Waals surface area contributed by atoms with Crippen LogP contribution in [0.25, 0.3) is 0 Å². The van der Waals surface area contributed by atoms with Gasteiger partial charge in [-0.2, -0.15) is 0 Å². The van der Waals surface area contributed by atoms with E-state index in [1.807, 2.05) is 12.1 Å². The molecule has 0 unspecified atom stereocenters. The second-order valence-electron chi connectivity index (χ2n) is 4.13. The summed E-state index contributed by atoms with van der Waals surface area (Å²) in [6, 6.07) is 21.1. The van der Waals surface area contributed by atoms with Crippen LogP contribution in [-0.2, 0) is 4.43 Å². The molecule has 0 aliphatic heterocycles. The molecule has 0 N–H and O–H groups in total. The Morgan fingerprint density at radius 1 is 0.889 bits per heavy atom. The lowest BCUT2D eigenvalue weighted by Gasteiger charge is -2.30. The van der Waals surface area contributed by atoms with Crippen LogP contribution in [0.5, 0.6) is 0 Å². The molecule has 0 fully saturated rings. The van der Waals surface area contributed by atoms with Crippen LogP contribution in [0.4, 0.5) is 0 Å². The Balaban J connectivity index is 2.53. The molecule has 0 saturated heterocycles. The van der Waals surface area contributed by atoms with Crippen LogP contribution in [0.1, 0.15) is 6.92 Å². The molecule has 18 heavy (non-hydrogen) atoms. The van der Waals surface area contributed by atoms with Crippen LogP contribution in [0.3, 0.4) is 0 Å². The van der Waals surface area contributed by atoms with Gasteiger partial charge in [0.1, 0.15) is 0 Å². The van der Waals surface area contributed by atoms with Crippen molar-refractivity contribution in [2.24, 2.45) is 0 Å². The fourth-order valence-electron chi connectivity index (χ4n) is 2.19. The Morgan fingerprint density at radius 3 is 1.67 bits per heavy atom. The Kier molecular flexibility index (Phi) is 4.75. The Bertz CT molecular complexity index is 433. The first kappa shape index (κ1) is 13.5. The van der Waals surface area contributed by atoms with Crippen molar-refractivity contribution in [1.29, 1.82) is 0 Å². The monoisotopic (exact) mass is 320 g/mol. The van der Waals surface area contributed by atoms with Crippen LogP contribution in [0.2, 0.25) is 0 Å². The van der Waals surface area contributed by atoms with E-state index in [-0.39, 0.29) is 0 Å². The third kappa shape index (κ3) is 2.58. The molecule has 2 aromatic carbocycles. The summed E-state index contributed by atoms with van der Waals surface area (Å²) in [5, 5.41) is 2.63. The van der Waals surface area contributed by atoms with Gasteiger partial charge in [-0.15, -0.1) is 0 Å². The minimum absolute atomic E-state index is 0.738. The molecule has 0 amide bonds. The minimum Gasteiger partial charge on any atom is -0.407 e. The molecule has 0 bridgehead atoms. The van der Waals surface area contributed by atoms with Gasteiger partial charge < -0.3 is 4.43 Å². The maximum Gasteiger partial charge on any atom is 0.266 e. The minimum atomic E-state index is -2.11. The number of benzene rings is 2. The topological polar surface area (TPSA) is 9.23 Å². The SMILES string of the molecule is CCO[Si](CBr)(c1ccccc1)c1ccccc1. The molecule has 0 aliphatic rings. The molecule has 0 spiro atoms. The van der Waals surface area contributed by atoms with E-state index in [9.17, 15) is 0 Å². The highest BCUT2D eigenvalue weighted by atomic mass is 79.9. The first-order valence-corrected chi connectivity index (χ1v) is 9.38. The molecule has 0 aliphatic carbocycles. The summed E-state index contributed by atoms with van der Waals surface area (Å²) in [4.78, 5) is 0.877. The van der Waals surface area contributed by atoms with Gasteiger partial charge in [-0.1, -0.05) is 76.6 Å². The van der Waals surface area contributed by atoms with Gasteiger partial charge >= 0.3 is 0 Å². The number of halogens is 1. The molecule has 94 valence electrons. The lowest BCUT2D eigenvalue weighted by atomic mass is 10.4. The van der Waals surface area contributed by atoms with Crippen molar-refractivity contribution in [3.05, 3.63) is 60.7 Å². The first-order chi connectivity index (χ1) is 8.83. The predicted octanol–water partition coefficient (Wildman–Crippen LogP) is 2.72. The van der Waals surface area contributed by atoms with Gasteiger partial charge in [-0.05, 0) is 17.3 Å². The van der Waals surface area contributed by atoms with Crippen LogP contribution in [-0.4, -0.2) is 19.9 Å². The molecule has 2 rings (SSSR count). The molecule has 3 heteroatoms. The molecule has 0 saturated carbocycles. The zero-order valence-corrected chi connectivity index (χ0v) is 13.1. The van der Waals surface area contributed by atoms with E-state index in [0.29, 0.717) is 0 Å². The predicted molar refractivity (Wildman–Crippen MR) is 83.3 cm³/mol. The molecule has 2 aromatic rings. The van der Waals surface area contributed by atoms with Crippen molar-refractivity contribution in [1.82, 2.24) is 0 Å². The van der Waals surface area contributed by atoms with Crippen molar-refractivity contribution in [3.8, 4) is 0 Å². The summed E-state index contributed by atoms with van der Waals surface area (Å²) in [5.41, 5.74) is 0. The second-order valence-corrected chi connectivity index (χ2v) is 9.17.